The average Bonchev–Trinajstić information content (AvgIpc) is 2.81. The van der Waals surface area contributed by atoms with Crippen molar-refractivity contribution in [3.63, 3.8) is 0 Å². The zero-order valence-electron chi connectivity index (χ0n) is 19.3. The standard InChI is InChI=1S/C24H19BrF3N5O3/c1-12-31-21(36-11-18-16(27)8-14(26)9-29-18)19(25)22(34)33(12)15-6-4-5-13(7-15)20-17(28)10-30-23(32-20)24(2,3)35/h4-10,35H,11H2,1-3H3. The van der Waals surface area contributed by atoms with Crippen LogP contribution in [0.5, 0.6) is 5.88 Å². The molecule has 3 heterocycles. The molecular weight excluding hydrogens is 543 g/mol. The van der Waals surface area contributed by atoms with Crippen LogP contribution >= 0.6 is 15.9 Å². The molecule has 0 spiro atoms. The van der Waals surface area contributed by atoms with Gasteiger partial charge in [0.15, 0.2) is 17.5 Å². The number of hydrogen-bond acceptors (Lipinski definition) is 7. The first kappa shape index (κ1) is 25.5. The van der Waals surface area contributed by atoms with Gasteiger partial charge in [0.1, 0.15) is 39.7 Å². The zero-order valence-corrected chi connectivity index (χ0v) is 20.8. The van der Waals surface area contributed by atoms with Crippen LogP contribution in [0.1, 0.15) is 31.2 Å². The van der Waals surface area contributed by atoms with Gasteiger partial charge in [0.05, 0.1) is 18.1 Å². The fourth-order valence-electron chi connectivity index (χ4n) is 3.32. The first-order valence-electron chi connectivity index (χ1n) is 10.5. The molecule has 1 N–H and O–H groups in total. The van der Waals surface area contributed by atoms with Gasteiger partial charge in [0, 0.05) is 11.6 Å². The van der Waals surface area contributed by atoms with Gasteiger partial charge in [0.2, 0.25) is 5.88 Å². The third kappa shape index (κ3) is 5.14. The molecule has 4 aromatic rings. The van der Waals surface area contributed by atoms with Gasteiger partial charge in [-0.15, -0.1) is 0 Å². The summed E-state index contributed by atoms with van der Waals surface area (Å²) in [5, 5.41) is 10.2. The van der Waals surface area contributed by atoms with Crippen LogP contribution in [0.4, 0.5) is 13.2 Å². The number of benzene rings is 1. The lowest BCUT2D eigenvalue weighted by molar-refractivity contribution is 0.0686. The lowest BCUT2D eigenvalue weighted by Gasteiger charge is -2.17. The lowest BCUT2D eigenvalue weighted by Crippen LogP contribution is -2.24. The molecular formula is C24H19BrF3N5O3. The second-order valence-electron chi connectivity index (χ2n) is 8.29. The minimum atomic E-state index is -1.38. The lowest BCUT2D eigenvalue weighted by atomic mass is 10.1. The highest BCUT2D eigenvalue weighted by molar-refractivity contribution is 9.10. The number of hydrogen-bond donors (Lipinski definition) is 1. The molecule has 0 radical (unpaired) electrons. The van der Waals surface area contributed by atoms with E-state index in [9.17, 15) is 23.1 Å². The Morgan fingerprint density at radius 2 is 1.83 bits per heavy atom. The quantitative estimate of drug-likeness (QED) is 0.372. The summed E-state index contributed by atoms with van der Waals surface area (Å²) in [5.41, 5.74) is -1.41. The number of aliphatic hydroxyl groups is 1. The van der Waals surface area contributed by atoms with Gasteiger partial charge in [-0.25, -0.2) is 23.1 Å². The molecule has 8 nitrogen and oxygen atoms in total. The Morgan fingerprint density at radius 1 is 1.08 bits per heavy atom. The normalized spacial score (nSPS) is 11.6. The molecule has 1 aromatic carbocycles. The minimum absolute atomic E-state index is 0.0376. The Bertz CT molecular complexity index is 1520. The fourth-order valence-corrected chi connectivity index (χ4v) is 3.71. The van der Waals surface area contributed by atoms with E-state index in [1.54, 1.807) is 31.2 Å². The van der Waals surface area contributed by atoms with Crippen molar-refractivity contribution >= 4 is 15.9 Å². The van der Waals surface area contributed by atoms with E-state index in [1.165, 1.54) is 18.4 Å². The van der Waals surface area contributed by atoms with E-state index in [-0.39, 0.29) is 40.0 Å². The summed E-state index contributed by atoms with van der Waals surface area (Å²) in [7, 11) is 0. The van der Waals surface area contributed by atoms with E-state index in [0.29, 0.717) is 17.3 Å². The van der Waals surface area contributed by atoms with Gasteiger partial charge in [-0.3, -0.25) is 14.3 Å². The first-order chi connectivity index (χ1) is 17.0. The van der Waals surface area contributed by atoms with Crippen LogP contribution in [0.2, 0.25) is 0 Å². The van der Waals surface area contributed by atoms with E-state index in [4.69, 9.17) is 4.74 Å². The predicted octanol–water partition coefficient (Wildman–Crippen LogP) is 4.38. The Kier molecular flexibility index (Phi) is 6.92. The highest BCUT2D eigenvalue weighted by atomic mass is 79.9. The second kappa shape index (κ2) is 9.78. The van der Waals surface area contributed by atoms with Gasteiger partial charge < -0.3 is 9.84 Å². The number of rotatable bonds is 6. The molecule has 0 atom stereocenters. The summed E-state index contributed by atoms with van der Waals surface area (Å²) in [6.07, 6.45) is 1.83. The van der Waals surface area contributed by atoms with Crippen molar-refractivity contribution in [2.24, 2.45) is 0 Å². The molecule has 0 amide bonds. The highest BCUT2D eigenvalue weighted by Gasteiger charge is 2.22. The number of aryl methyl sites for hydroxylation is 1. The first-order valence-corrected chi connectivity index (χ1v) is 11.3. The van der Waals surface area contributed by atoms with Crippen molar-refractivity contribution < 1.29 is 23.0 Å². The molecule has 0 fully saturated rings. The molecule has 0 aliphatic heterocycles. The molecule has 3 aromatic heterocycles. The highest BCUT2D eigenvalue weighted by Crippen LogP contribution is 2.27. The summed E-state index contributed by atoms with van der Waals surface area (Å²) in [4.78, 5) is 29.1. The van der Waals surface area contributed by atoms with Crippen molar-refractivity contribution in [2.45, 2.75) is 33.0 Å². The minimum Gasteiger partial charge on any atom is -0.470 e. The Morgan fingerprint density at radius 3 is 2.53 bits per heavy atom. The van der Waals surface area contributed by atoms with Gasteiger partial charge >= 0.3 is 0 Å². The van der Waals surface area contributed by atoms with Crippen LogP contribution in [0.25, 0.3) is 16.9 Å². The summed E-state index contributed by atoms with van der Waals surface area (Å²) in [5.74, 6) is -2.26. The third-order valence-corrected chi connectivity index (χ3v) is 5.74. The van der Waals surface area contributed by atoms with E-state index in [0.717, 1.165) is 12.4 Å². The van der Waals surface area contributed by atoms with Crippen molar-refractivity contribution in [3.05, 3.63) is 92.3 Å². The molecule has 0 unspecified atom stereocenters. The molecule has 4 rings (SSSR count). The second-order valence-corrected chi connectivity index (χ2v) is 9.08. The van der Waals surface area contributed by atoms with Crippen LogP contribution in [-0.4, -0.2) is 29.6 Å². The largest absolute Gasteiger partial charge is 0.470 e. The average molecular weight is 562 g/mol. The summed E-state index contributed by atoms with van der Waals surface area (Å²) in [6, 6.07) is 7.06. The summed E-state index contributed by atoms with van der Waals surface area (Å²) < 4.78 is 48.2. The zero-order chi connectivity index (χ0) is 26.2. The van der Waals surface area contributed by atoms with E-state index in [2.05, 4.69) is 35.9 Å². The molecule has 0 bridgehead atoms. The number of halogens is 4. The number of pyridine rings is 1. The Labute approximate surface area is 211 Å². The molecule has 36 heavy (non-hydrogen) atoms. The van der Waals surface area contributed by atoms with Gasteiger partial charge in [-0.1, -0.05) is 12.1 Å². The fraction of sp³-hybridized carbons (Fsp3) is 0.208. The Hall–Kier alpha value is -3.64. The molecule has 186 valence electrons. The van der Waals surface area contributed by atoms with Crippen molar-refractivity contribution in [2.75, 3.05) is 0 Å². The third-order valence-electron chi connectivity index (χ3n) is 5.06. The molecule has 0 saturated heterocycles. The summed E-state index contributed by atoms with van der Waals surface area (Å²) in [6.45, 7) is 4.14. The van der Waals surface area contributed by atoms with Crippen LogP contribution in [0.15, 0.2) is 52.0 Å². The number of aromatic nitrogens is 5. The van der Waals surface area contributed by atoms with E-state index < -0.39 is 28.6 Å². The predicted molar refractivity (Wildman–Crippen MR) is 127 cm³/mol. The van der Waals surface area contributed by atoms with Crippen LogP contribution in [-0.2, 0) is 12.2 Å². The SMILES string of the molecule is Cc1nc(OCc2ncc(F)cc2F)c(Br)c(=O)n1-c1cccc(-c2nc(C(C)(C)O)ncc2F)c1. The maximum absolute atomic E-state index is 14.6. The number of ether oxygens (including phenoxy) is 1. The topological polar surface area (TPSA) is 103 Å². The van der Waals surface area contributed by atoms with Crippen LogP contribution in [0, 0.1) is 24.4 Å². The number of nitrogens with zero attached hydrogens (tertiary/aromatic N) is 5. The maximum atomic E-state index is 14.6. The maximum Gasteiger partial charge on any atom is 0.276 e. The van der Waals surface area contributed by atoms with Crippen molar-refractivity contribution in [3.8, 4) is 22.8 Å². The van der Waals surface area contributed by atoms with Crippen molar-refractivity contribution in [1.29, 1.82) is 0 Å². The molecule has 0 aliphatic carbocycles. The van der Waals surface area contributed by atoms with E-state index >= 15 is 0 Å². The monoisotopic (exact) mass is 561 g/mol. The molecule has 12 heteroatoms. The smallest absolute Gasteiger partial charge is 0.276 e. The van der Waals surface area contributed by atoms with Gasteiger partial charge in [0.25, 0.3) is 5.56 Å². The van der Waals surface area contributed by atoms with Gasteiger partial charge in [-0.2, -0.15) is 4.98 Å². The van der Waals surface area contributed by atoms with Crippen molar-refractivity contribution in [1.82, 2.24) is 24.5 Å². The molecule has 0 aliphatic rings. The van der Waals surface area contributed by atoms with Crippen LogP contribution < -0.4 is 10.3 Å². The molecule has 0 saturated carbocycles. The Balaban J connectivity index is 1.70. The summed E-state index contributed by atoms with van der Waals surface area (Å²) >= 11 is 3.17. The van der Waals surface area contributed by atoms with Gasteiger partial charge in [-0.05, 0) is 48.8 Å². The van der Waals surface area contributed by atoms with Crippen LogP contribution in [0.3, 0.4) is 0 Å². The van der Waals surface area contributed by atoms with E-state index in [1.807, 2.05) is 0 Å².